The Hall–Kier alpha value is -0.770. The molecule has 2 rings (SSSR count). The third-order valence-electron chi connectivity index (χ3n) is 3.05. The largest absolute Gasteiger partial charge is 0.359 e. The zero-order chi connectivity index (χ0) is 9.26. The molecule has 0 saturated carbocycles. The minimum atomic E-state index is 0.694. The van der Waals surface area contributed by atoms with Gasteiger partial charge >= 0.3 is 0 Å². The maximum absolute atomic E-state index is 4.26. The third kappa shape index (κ3) is 1.50. The number of hydrogen-bond donors (Lipinski definition) is 1. The number of aliphatic imine (C=N–C) groups is 1. The predicted octanol–water partition coefficient (Wildman–Crippen LogP) is -0.418. The van der Waals surface area contributed by atoms with Gasteiger partial charge in [-0.3, -0.25) is 9.89 Å². The summed E-state index contributed by atoms with van der Waals surface area (Å²) < 4.78 is 0. The van der Waals surface area contributed by atoms with Gasteiger partial charge in [-0.15, -0.1) is 0 Å². The highest BCUT2D eigenvalue weighted by Gasteiger charge is 2.33. The summed E-state index contributed by atoms with van der Waals surface area (Å²) in [5.41, 5.74) is 0. The zero-order valence-corrected chi connectivity index (χ0v) is 8.45. The van der Waals surface area contributed by atoms with Crippen molar-refractivity contribution in [3.05, 3.63) is 0 Å². The first-order valence-electron chi connectivity index (χ1n) is 4.98. The number of fused-ring (bicyclic) bond motifs is 2. The molecule has 74 valence electrons. The van der Waals surface area contributed by atoms with E-state index in [4.69, 9.17) is 0 Å². The summed E-state index contributed by atoms with van der Waals surface area (Å²) in [4.78, 5) is 9.20. The van der Waals surface area contributed by atoms with Gasteiger partial charge in [0.1, 0.15) is 0 Å². The molecule has 0 spiro atoms. The monoisotopic (exact) mass is 182 g/mol. The van der Waals surface area contributed by atoms with Gasteiger partial charge in [0.05, 0.1) is 0 Å². The number of rotatable bonds is 0. The summed E-state index contributed by atoms with van der Waals surface area (Å²) in [6.45, 7) is 4.80. The van der Waals surface area contributed by atoms with Gasteiger partial charge in [0.25, 0.3) is 0 Å². The molecule has 2 aliphatic rings. The highest BCUT2D eigenvalue weighted by atomic mass is 15.4. The summed E-state index contributed by atoms with van der Waals surface area (Å²) in [6, 6.07) is 0.694. The first kappa shape index (κ1) is 8.81. The first-order chi connectivity index (χ1) is 6.35. The normalized spacial score (nSPS) is 33.7. The number of piperazine rings is 1. The van der Waals surface area contributed by atoms with Crippen LogP contribution in [-0.2, 0) is 0 Å². The first-order valence-corrected chi connectivity index (χ1v) is 4.98. The van der Waals surface area contributed by atoms with Gasteiger partial charge in [0, 0.05) is 46.3 Å². The van der Waals surface area contributed by atoms with Crippen LogP contribution in [0.25, 0.3) is 0 Å². The molecule has 4 heteroatoms. The van der Waals surface area contributed by atoms with Crippen molar-refractivity contribution in [3.63, 3.8) is 0 Å². The Labute approximate surface area is 79.6 Å². The van der Waals surface area contributed by atoms with Crippen molar-refractivity contribution in [2.75, 3.05) is 40.3 Å². The Morgan fingerprint density at radius 2 is 2.23 bits per heavy atom. The van der Waals surface area contributed by atoms with E-state index in [1.807, 2.05) is 14.1 Å². The minimum absolute atomic E-state index is 0.694. The molecule has 2 fully saturated rings. The molecule has 2 aliphatic heterocycles. The van der Waals surface area contributed by atoms with Crippen LogP contribution in [0, 0.1) is 0 Å². The predicted molar refractivity (Wildman–Crippen MR) is 54.0 cm³/mol. The number of nitrogens with zero attached hydrogens (tertiary/aromatic N) is 3. The van der Waals surface area contributed by atoms with Crippen LogP contribution in [0.1, 0.15) is 6.42 Å². The van der Waals surface area contributed by atoms with Crippen molar-refractivity contribution in [2.24, 2.45) is 4.99 Å². The summed E-state index contributed by atoms with van der Waals surface area (Å²) in [7, 11) is 3.80. The molecule has 4 nitrogen and oxygen atoms in total. The Bertz CT molecular complexity index is 214. The summed E-state index contributed by atoms with van der Waals surface area (Å²) >= 11 is 0. The van der Waals surface area contributed by atoms with Crippen molar-refractivity contribution >= 4 is 5.96 Å². The van der Waals surface area contributed by atoms with E-state index in [1.54, 1.807) is 0 Å². The minimum Gasteiger partial charge on any atom is -0.359 e. The SMILES string of the molecule is CN=C(NC)N1CCN2CCC1C2. The Kier molecular flexibility index (Phi) is 2.40. The second-order valence-corrected chi connectivity index (χ2v) is 3.73. The standard InChI is InChI=1S/C9H18N4/c1-10-9(11-2)13-6-5-12-4-3-8(13)7-12/h8H,3-7H2,1-2H3,(H,10,11). The Morgan fingerprint density at radius 1 is 1.38 bits per heavy atom. The molecular weight excluding hydrogens is 164 g/mol. The van der Waals surface area contributed by atoms with Crippen molar-refractivity contribution < 1.29 is 0 Å². The third-order valence-corrected chi connectivity index (χ3v) is 3.05. The van der Waals surface area contributed by atoms with E-state index < -0.39 is 0 Å². The van der Waals surface area contributed by atoms with Crippen LogP contribution >= 0.6 is 0 Å². The average molecular weight is 182 g/mol. The van der Waals surface area contributed by atoms with Gasteiger partial charge in [-0.1, -0.05) is 0 Å². The highest BCUT2D eigenvalue weighted by molar-refractivity contribution is 5.80. The Balaban J connectivity index is 2.06. The molecule has 2 heterocycles. The van der Waals surface area contributed by atoms with Gasteiger partial charge in [0.15, 0.2) is 5.96 Å². The fourth-order valence-electron chi connectivity index (χ4n) is 2.36. The molecule has 0 radical (unpaired) electrons. The van der Waals surface area contributed by atoms with Crippen LogP contribution in [0.2, 0.25) is 0 Å². The van der Waals surface area contributed by atoms with E-state index in [1.165, 1.54) is 26.1 Å². The molecule has 2 saturated heterocycles. The lowest BCUT2D eigenvalue weighted by molar-refractivity contribution is 0.201. The van der Waals surface area contributed by atoms with E-state index in [-0.39, 0.29) is 0 Å². The van der Waals surface area contributed by atoms with E-state index in [0.717, 1.165) is 12.5 Å². The summed E-state index contributed by atoms with van der Waals surface area (Å²) in [6.07, 6.45) is 1.29. The van der Waals surface area contributed by atoms with Crippen molar-refractivity contribution in [1.29, 1.82) is 0 Å². The molecule has 0 aliphatic carbocycles. The summed E-state index contributed by atoms with van der Waals surface area (Å²) in [5, 5.41) is 3.16. The van der Waals surface area contributed by atoms with E-state index in [2.05, 4.69) is 20.1 Å². The van der Waals surface area contributed by atoms with Crippen LogP contribution in [-0.4, -0.2) is 62.1 Å². The second kappa shape index (κ2) is 3.54. The second-order valence-electron chi connectivity index (χ2n) is 3.73. The van der Waals surface area contributed by atoms with Crippen LogP contribution in [0.5, 0.6) is 0 Å². The maximum atomic E-state index is 4.26. The topological polar surface area (TPSA) is 30.9 Å². The van der Waals surface area contributed by atoms with E-state index in [9.17, 15) is 0 Å². The quantitative estimate of drug-likeness (QED) is 0.408. The smallest absolute Gasteiger partial charge is 0.193 e. The van der Waals surface area contributed by atoms with Crippen LogP contribution in [0.4, 0.5) is 0 Å². The number of nitrogens with one attached hydrogen (secondary N) is 1. The fourth-order valence-corrected chi connectivity index (χ4v) is 2.36. The van der Waals surface area contributed by atoms with E-state index in [0.29, 0.717) is 6.04 Å². The number of hydrogen-bond acceptors (Lipinski definition) is 2. The summed E-state index contributed by atoms with van der Waals surface area (Å²) in [5.74, 6) is 1.05. The zero-order valence-electron chi connectivity index (χ0n) is 8.45. The molecule has 0 aromatic heterocycles. The molecule has 0 amide bonds. The lowest BCUT2D eigenvalue weighted by Gasteiger charge is -2.36. The lowest BCUT2D eigenvalue weighted by Crippen LogP contribution is -2.52. The molecule has 1 N–H and O–H groups in total. The van der Waals surface area contributed by atoms with Gasteiger partial charge in [-0.2, -0.15) is 0 Å². The van der Waals surface area contributed by atoms with Gasteiger partial charge in [-0.25, -0.2) is 0 Å². The molecule has 0 aromatic rings. The molecule has 0 aromatic carbocycles. The Morgan fingerprint density at radius 3 is 2.92 bits per heavy atom. The van der Waals surface area contributed by atoms with Gasteiger partial charge in [-0.05, 0) is 6.42 Å². The van der Waals surface area contributed by atoms with E-state index >= 15 is 0 Å². The van der Waals surface area contributed by atoms with Crippen molar-refractivity contribution in [2.45, 2.75) is 12.5 Å². The highest BCUT2D eigenvalue weighted by Crippen LogP contribution is 2.20. The molecule has 2 atom stereocenters. The van der Waals surface area contributed by atoms with Crippen molar-refractivity contribution in [3.8, 4) is 0 Å². The van der Waals surface area contributed by atoms with Crippen LogP contribution in [0.15, 0.2) is 4.99 Å². The lowest BCUT2D eigenvalue weighted by atomic mass is 10.2. The molecule has 13 heavy (non-hydrogen) atoms. The maximum Gasteiger partial charge on any atom is 0.193 e. The van der Waals surface area contributed by atoms with Crippen LogP contribution < -0.4 is 5.32 Å². The molecular formula is C9H18N4. The molecule has 2 unspecified atom stereocenters. The molecule has 2 bridgehead atoms. The van der Waals surface area contributed by atoms with Gasteiger partial charge < -0.3 is 10.2 Å². The van der Waals surface area contributed by atoms with Gasteiger partial charge in [0.2, 0.25) is 0 Å². The fraction of sp³-hybridized carbons (Fsp3) is 0.889. The van der Waals surface area contributed by atoms with Crippen LogP contribution in [0.3, 0.4) is 0 Å². The number of guanidine groups is 1. The van der Waals surface area contributed by atoms with Crippen molar-refractivity contribution in [1.82, 2.24) is 15.1 Å². The average Bonchev–Trinajstić information content (AvgIpc) is 2.54.